The van der Waals surface area contributed by atoms with Gasteiger partial charge in [0.15, 0.2) is 4.58 Å². The monoisotopic (exact) mass is 550 g/mol. The van der Waals surface area contributed by atoms with E-state index in [1.54, 1.807) is 21.8 Å². The molecule has 2 rings (SSSR count). The van der Waals surface area contributed by atoms with Gasteiger partial charge >= 0.3 is 0 Å². The maximum absolute atomic E-state index is 12.6. The van der Waals surface area contributed by atoms with Gasteiger partial charge in [0, 0.05) is 0 Å². The maximum Gasteiger partial charge on any atom is 0.276 e. The number of nitrogens with one attached hydrogen (secondary N) is 2. The van der Waals surface area contributed by atoms with Crippen molar-refractivity contribution in [2.45, 2.75) is 34.1 Å². The van der Waals surface area contributed by atoms with Crippen LogP contribution < -0.4 is 9.66 Å². The SMILES string of the molecule is CCCC(S(=O)(=O)C=NNS(=O)(=O)c1ccccc1)S(=O)(=O)C=NNS(=O)(=O)c1ccccc1. The first kappa shape index (κ1) is 27.4. The quantitative estimate of drug-likeness (QED) is 0.220. The summed E-state index contributed by atoms with van der Waals surface area (Å²) in [4.78, 5) is 3.05. The fourth-order valence-corrected chi connectivity index (χ4v) is 7.87. The van der Waals surface area contributed by atoms with E-state index in [4.69, 9.17) is 0 Å². The summed E-state index contributed by atoms with van der Waals surface area (Å²) in [5.74, 6) is 0. The molecule has 2 aromatic rings. The second-order valence-corrected chi connectivity index (χ2v) is 14.2. The van der Waals surface area contributed by atoms with E-state index in [0.29, 0.717) is 0 Å². The molecule has 0 aromatic heterocycles. The van der Waals surface area contributed by atoms with Gasteiger partial charge in [0.25, 0.3) is 20.0 Å². The summed E-state index contributed by atoms with van der Waals surface area (Å²) >= 11 is 0. The highest BCUT2D eigenvalue weighted by Crippen LogP contribution is 2.16. The van der Waals surface area contributed by atoms with E-state index in [1.165, 1.54) is 55.5 Å². The van der Waals surface area contributed by atoms with Gasteiger partial charge in [-0.1, -0.05) is 49.7 Å². The molecule has 0 aliphatic carbocycles. The molecule has 0 heterocycles. The number of hydrogen-bond donors (Lipinski definition) is 2. The van der Waals surface area contributed by atoms with Crippen LogP contribution in [0.3, 0.4) is 0 Å². The molecule has 186 valence electrons. The lowest BCUT2D eigenvalue weighted by atomic mass is 10.4. The number of hydrazone groups is 2. The number of sulfonamides is 2. The molecule has 0 saturated carbocycles. The highest BCUT2D eigenvalue weighted by atomic mass is 32.3. The Morgan fingerprint density at radius 2 is 1.03 bits per heavy atom. The third kappa shape index (κ3) is 7.34. The second kappa shape index (κ2) is 11.1. The summed E-state index contributed by atoms with van der Waals surface area (Å²) < 4.78 is 96.9. The van der Waals surface area contributed by atoms with Gasteiger partial charge in [-0.05, 0) is 30.7 Å². The molecular formula is C18H22N4O8S4. The van der Waals surface area contributed by atoms with E-state index in [9.17, 15) is 33.7 Å². The minimum atomic E-state index is -4.64. The molecule has 2 N–H and O–H groups in total. The first-order valence-corrected chi connectivity index (χ1v) is 15.7. The van der Waals surface area contributed by atoms with Gasteiger partial charge in [0.05, 0.1) is 9.79 Å². The first-order valence-electron chi connectivity index (χ1n) is 9.49. The predicted molar refractivity (Wildman–Crippen MR) is 127 cm³/mol. The summed E-state index contributed by atoms with van der Waals surface area (Å²) in [6.45, 7) is 1.53. The fraction of sp³-hybridized carbons (Fsp3) is 0.222. The van der Waals surface area contributed by atoms with Crippen molar-refractivity contribution in [2.24, 2.45) is 10.2 Å². The van der Waals surface area contributed by atoms with Crippen LogP contribution in [0.4, 0.5) is 0 Å². The average Bonchev–Trinajstić information content (AvgIpc) is 2.78. The number of rotatable bonds is 12. The third-order valence-electron chi connectivity index (χ3n) is 4.11. The van der Waals surface area contributed by atoms with Crippen molar-refractivity contribution in [1.82, 2.24) is 9.66 Å². The van der Waals surface area contributed by atoms with Crippen LogP contribution in [0, 0.1) is 0 Å². The minimum absolute atomic E-state index is 0.121. The molecule has 0 atom stereocenters. The molecule has 0 saturated heterocycles. The van der Waals surface area contributed by atoms with Crippen LogP contribution in [0.25, 0.3) is 0 Å². The number of benzene rings is 2. The van der Waals surface area contributed by atoms with Crippen LogP contribution in [0.15, 0.2) is 80.7 Å². The predicted octanol–water partition coefficient (Wildman–Crippen LogP) is 0.786. The average molecular weight is 551 g/mol. The van der Waals surface area contributed by atoms with Gasteiger partial charge in [-0.25, -0.2) is 16.8 Å². The molecule has 0 bridgehead atoms. The highest BCUT2D eigenvalue weighted by molar-refractivity contribution is 8.20. The van der Waals surface area contributed by atoms with Crippen molar-refractivity contribution in [3.8, 4) is 0 Å². The molecule has 16 heteroatoms. The van der Waals surface area contributed by atoms with Crippen LogP contribution in [-0.4, -0.2) is 49.3 Å². The van der Waals surface area contributed by atoms with Gasteiger partial charge in [-0.2, -0.15) is 36.7 Å². The van der Waals surface area contributed by atoms with Crippen LogP contribution in [0.1, 0.15) is 19.8 Å². The molecule has 0 fully saturated rings. The standard InChI is InChI=1S/C18H22N4O8S4/c1-2-9-18(31(23,24)14-19-21-33(27,28)16-10-5-3-6-11-16)32(25,26)15-20-22-34(29,30)17-12-7-4-8-13-17/h3-8,10-15,18,21-22H,2,9H2,1H3. The van der Waals surface area contributed by atoms with Gasteiger partial charge in [-0.3, -0.25) is 0 Å². The van der Waals surface area contributed by atoms with Crippen molar-refractivity contribution < 1.29 is 33.7 Å². The zero-order chi connectivity index (χ0) is 25.5. The van der Waals surface area contributed by atoms with Crippen molar-refractivity contribution in [3.05, 3.63) is 60.7 Å². The fourth-order valence-electron chi connectivity index (χ4n) is 2.52. The van der Waals surface area contributed by atoms with E-state index in [1.807, 2.05) is 0 Å². The highest BCUT2D eigenvalue weighted by Gasteiger charge is 2.35. The molecule has 0 aliphatic heterocycles. The van der Waals surface area contributed by atoms with Crippen LogP contribution >= 0.6 is 0 Å². The molecule has 0 unspecified atom stereocenters. The van der Waals surface area contributed by atoms with Crippen LogP contribution in [0.5, 0.6) is 0 Å². The molecule has 2 aromatic carbocycles. The number of nitrogens with zero attached hydrogens (tertiary/aromatic N) is 2. The molecule has 0 aliphatic rings. The van der Waals surface area contributed by atoms with E-state index < -0.39 is 44.3 Å². The topological polar surface area (TPSA) is 185 Å². The van der Waals surface area contributed by atoms with Crippen molar-refractivity contribution in [1.29, 1.82) is 0 Å². The molecule has 0 amide bonds. The Kier molecular flexibility index (Phi) is 8.93. The molecule has 12 nitrogen and oxygen atoms in total. The Morgan fingerprint density at radius 3 is 1.35 bits per heavy atom. The Labute approximate surface area is 198 Å². The van der Waals surface area contributed by atoms with E-state index >= 15 is 0 Å². The normalized spacial score (nSPS) is 14.3. The van der Waals surface area contributed by atoms with E-state index in [-0.39, 0.29) is 33.7 Å². The Balaban J connectivity index is 2.22. The van der Waals surface area contributed by atoms with Crippen molar-refractivity contribution in [2.75, 3.05) is 0 Å². The largest absolute Gasteiger partial charge is 0.276 e. The zero-order valence-electron chi connectivity index (χ0n) is 17.7. The number of hydrogen-bond acceptors (Lipinski definition) is 10. The summed E-state index contributed by atoms with van der Waals surface area (Å²) in [6, 6.07) is 14.0. The molecule has 0 radical (unpaired) electrons. The molecule has 0 spiro atoms. The molecule has 34 heavy (non-hydrogen) atoms. The minimum Gasteiger partial charge on any atom is -0.221 e. The van der Waals surface area contributed by atoms with Crippen LogP contribution in [0.2, 0.25) is 0 Å². The van der Waals surface area contributed by atoms with Gasteiger partial charge in [0.2, 0.25) is 19.7 Å². The maximum atomic E-state index is 12.6. The lowest BCUT2D eigenvalue weighted by molar-refractivity contribution is 0.581. The summed E-state index contributed by atoms with van der Waals surface area (Å²) in [6.07, 6.45) is -0.254. The van der Waals surface area contributed by atoms with Gasteiger partial charge in [-0.15, -0.1) is 0 Å². The Morgan fingerprint density at radius 1 is 0.676 bits per heavy atom. The van der Waals surface area contributed by atoms with Crippen LogP contribution in [-0.2, 0) is 39.7 Å². The Bertz CT molecular complexity index is 1340. The summed E-state index contributed by atoms with van der Waals surface area (Å²) in [5, 5.41) is 6.39. The molecular weight excluding hydrogens is 528 g/mol. The number of sulfone groups is 2. The smallest absolute Gasteiger partial charge is 0.221 e. The zero-order valence-corrected chi connectivity index (χ0v) is 21.0. The van der Waals surface area contributed by atoms with Gasteiger partial charge < -0.3 is 0 Å². The van der Waals surface area contributed by atoms with Crippen molar-refractivity contribution >= 4 is 50.8 Å². The summed E-state index contributed by atoms with van der Waals surface area (Å²) in [5.41, 5.74) is 0.376. The van der Waals surface area contributed by atoms with Crippen molar-refractivity contribution in [3.63, 3.8) is 0 Å². The van der Waals surface area contributed by atoms with E-state index in [0.717, 1.165) is 0 Å². The third-order valence-corrected chi connectivity index (χ3v) is 10.9. The lowest BCUT2D eigenvalue weighted by Gasteiger charge is -2.12. The first-order chi connectivity index (χ1) is 15.8. The Hall–Kier alpha value is -2.82. The van der Waals surface area contributed by atoms with Gasteiger partial charge in [0.1, 0.15) is 11.1 Å². The second-order valence-electron chi connectivity index (χ2n) is 6.68. The summed E-state index contributed by atoms with van der Waals surface area (Å²) in [7, 11) is -17.6. The lowest BCUT2D eigenvalue weighted by Crippen LogP contribution is -2.33. The van der Waals surface area contributed by atoms with E-state index in [2.05, 4.69) is 10.2 Å².